The molecule has 2 N–H and O–H groups in total. The van der Waals surface area contributed by atoms with Gasteiger partial charge in [-0.1, -0.05) is 12.1 Å². The van der Waals surface area contributed by atoms with E-state index in [1.54, 1.807) is 30.5 Å². The van der Waals surface area contributed by atoms with Crippen LogP contribution in [-0.4, -0.2) is 40.9 Å². The van der Waals surface area contributed by atoms with Crippen LogP contribution in [-0.2, 0) is 10.3 Å². The summed E-state index contributed by atoms with van der Waals surface area (Å²) in [6.07, 6.45) is -1.12. The molecule has 0 spiro atoms. The summed E-state index contributed by atoms with van der Waals surface area (Å²) in [7, 11) is 2.98. The maximum Gasteiger partial charge on any atom is 0.280 e. The normalized spacial score (nSPS) is 18.2. The molecule has 1 aliphatic heterocycles. The van der Waals surface area contributed by atoms with Gasteiger partial charge in [0.2, 0.25) is 5.54 Å². The second kappa shape index (κ2) is 7.99. The van der Waals surface area contributed by atoms with Gasteiger partial charge in [0.05, 0.1) is 12.8 Å². The van der Waals surface area contributed by atoms with Crippen LogP contribution in [0.5, 0.6) is 5.75 Å². The highest BCUT2D eigenvalue weighted by molar-refractivity contribution is 6.08. The van der Waals surface area contributed by atoms with E-state index < -0.39 is 23.6 Å². The minimum atomic E-state index is -2.80. The van der Waals surface area contributed by atoms with Crippen LogP contribution >= 0.6 is 0 Å². The molecule has 1 amide bonds. The van der Waals surface area contributed by atoms with Crippen molar-refractivity contribution in [3.8, 4) is 16.9 Å². The highest BCUT2D eigenvalue weighted by Gasteiger charge is 2.51. The number of amides is 1. The van der Waals surface area contributed by atoms with Crippen molar-refractivity contribution in [2.75, 3.05) is 14.2 Å². The molecule has 1 atom stereocenters. The van der Waals surface area contributed by atoms with Gasteiger partial charge in [0.1, 0.15) is 11.4 Å². The first kappa shape index (κ1) is 21.4. The van der Waals surface area contributed by atoms with Gasteiger partial charge in [-0.25, -0.2) is 18.8 Å². The summed E-state index contributed by atoms with van der Waals surface area (Å²) in [5.74, 6) is -0.0847. The number of nitrogens with zero attached hydrogens (tertiary/aromatic N) is 4. The third-order valence-corrected chi connectivity index (χ3v) is 5.48. The number of likely N-dealkylation sites (N-methyl/N-ethyl adjacent to an activating group) is 1. The van der Waals surface area contributed by atoms with Gasteiger partial charge >= 0.3 is 0 Å². The average molecular weight is 437 g/mol. The molecule has 0 aliphatic carbocycles. The molecule has 7 nitrogen and oxygen atoms in total. The quantitative estimate of drug-likeness (QED) is 0.660. The summed E-state index contributed by atoms with van der Waals surface area (Å²) < 4.78 is 32.3. The number of nitrogens with two attached hydrogens (primary N) is 1. The molecule has 0 saturated carbocycles. The van der Waals surface area contributed by atoms with E-state index in [0.717, 1.165) is 16.8 Å². The van der Waals surface area contributed by atoms with Crippen LogP contribution in [0.1, 0.15) is 29.1 Å². The van der Waals surface area contributed by atoms with Gasteiger partial charge in [-0.2, -0.15) is 0 Å². The van der Waals surface area contributed by atoms with Gasteiger partial charge in [0.15, 0.2) is 5.96 Å². The number of aromatic nitrogens is 2. The summed E-state index contributed by atoms with van der Waals surface area (Å²) in [6, 6.07) is 13.0. The van der Waals surface area contributed by atoms with E-state index in [2.05, 4.69) is 15.0 Å². The fraction of sp³-hybridized carbons (Fsp3) is 0.217. The highest BCUT2D eigenvalue weighted by atomic mass is 19.3. The van der Waals surface area contributed by atoms with Crippen LogP contribution in [0.25, 0.3) is 11.1 Å². The molecule has 9 heteroatoms. The molecule has 1 aromatic carbocycles. The van der Waals surface area contributed by atoms with E-state index >= 15 is 0 Å². The number of aliphatic imine (C=N–C) groups is 1. The number of pyridine rings is 2. The van der Waals surface area contributed by atoms with Crippen molar-refractivity contribution in [2.45, 2.75) is 18.9 Å². The van der Waals surface area contributed by atoms with Gasteiger partial charge in [-0.15, -0.1) is 0 Å². The van der Waals surface area contributed by atoms with Gasteiger partial charge in [-0.05, 0) is 54.4 Å². The number of alkyl halides is 2. The zero-order chi connectivity index (χ0) is 23.0. The summed E-state index contributed by atoms with van der Waals surface area (Å²) in [4.78, 5) is 27.5. The molecule has 3 aromatic rings. The predicted octanol–water partition coefficient (Wildman–Crippen LogP) is 3.43. The van der Waals surface area contributed by atoms with Crippen molar-refractivity contribution in [1.29, 1.82) is 0 Å². The molecule has 4 rings (SSSR count). The van der Waals surface area contributed by atoms with Crippen molar-refractivity contribution in [2.24, 2.45) is 10.7 Å². The maximum absolute atomic E-state index is 13.5. The Morgan fingerprint density at radius 1 is 1.16 bits per heavy atom. The number of carbonyl (C=O) groups excluding carboxylic acids is 1. The SMILES string of the molecule is COc1cc(-c2cccnc2C)cc(C2(c3cccc(C(F)F)n3)N=C(N)N(C)C2=O)c1. The first-order chi connectivity index (χ1) is 15.3. The molecule has 0 bridgehead atoms. The van der Waals surface area contributed by atoms with Crippen molar-refractivity contribution >= 4 is 11.9 Å². The Balaban J connectivity index is 2.02. The predicted molar refractivity (Wildman–Crippen MR) is 115 cm³/mol. The lowest BCUT2D eigenvalue weighted by atomic mass is 9.84. The van der Waals surface area contributed by atoms with Crippen LogP contribution in [0, 0.1) is 6.92 Å². The van der Waals surface area contributed by atoms with Crippen molar-refractivity contribution in [3.63, 3.8) is 0 Å². The van der Waals surface area contributed by atoms with E-state index in [0.29, 0.717) is 11.3 Å². The number of halogens is 2. The van der Waals surface area contributed by atoms with Crippen molar-refractivity contribution < 1.29 is 18.3 Å². The van der Waals surface area contributed by atoms with Gasteiger partial charge < -0.3 is 10.5 Å². The average Bonchev–Trinajstić information content (AvgIpc) is 3.04. The number of guanidine groups is 1. The van der Waals surface area contributed by atoms with Crippen molar-refractivity contribution in [3.05, 3.63) is 77.4 Å². The summed E-state index contributed by atoms with van der Waals surface area (Å²) in [6.45, 7) is 1.86. The minimum absolute atomic E-state index is 0.0406. The van der Waals surface area contributed by atoms with E-state index in [1.165, 1.54) is 37.3 Å². The third kappa shape index (κ3) is 3.35. The minimum Gasteiger partial charge on any atom is -0.497 e. The molecule has 3 heterocycles. The maximum atomic E-state index is 13.5. The number of ether oxygens (including phenoxy) is 1. The van der Waals surface area contributed by atoms with Crippen LogP contribution < -0.4 is 10.5 Å². The number of carbonyl (C=O) groups is 1. The smallest absolute Gasteiger partial charge is 0.280 e. The third-order valence-electron chi connectivity index (χ3n) is 5.48. The Labute approximate surface area is 183 Å². The van der Waals surface area contributed by atoms with Crippen molar-refractivity contribution in [1.82, 2.24) is 14.9 Å². The Hall–Kier alpha value is -3.88. The van der Waals surface area contributed by atoms with Gasteiger partial charge in [0.25, 0.3) is 12.3 Å². The lowest BCUT2D eigenvalue weighted by Crippen LogP contribution is -2.41. The molecular weight excluding hydrogens is 416 g/mol. The number of aryl methyl sites for hydroxylation is 1. The first-order valence-corrected chi connectivity index (χ1v) is 9.78. The van der Waals surface area contributed by atoms with Crippen LogP contribution in [0.2, 0.25) is 0 Å². The Bertz CT molecular complexity index is 1230. The Morgan fingerprint density at radius 3 is 2.56 bits per heavy atom. The Morgan fingerprint density at radius 2 is 1.94 bits per heavy atom. The molecule has 164 valence electrons. The monoisotopic (exact) mass is 437 g/mol. The lowest BCUT2D eigenvalue weighted by molar-refractivity contribution is -0.129. The second-order valence-electron chi connectivity index (χ2n) is 7.38. The molecular formula is C23H21F2N5O2. The van der Waals surface area contributed by atoms with Crippen LogP contribution in [0.15, 0.2) is 59.7 Å². The standard InChI is InChI=1S/C23H21F2N5O2/c1-13-17(6-5-9-27-13)14-10-15(12-16(11-14)32-3)23(21(31)30(2)22(26)29-23)19-8-4-7-18(28-19)20(24)25/h4-12,20H,1-3H3,(H2,26,29). The number of rotatable bonds is 5. The topological polar surface area (TPSA) is 93.7 Å². The lowest BCUT2D eigenvalue weighted by Gasteiger charge is -2.26. The van der Waals surface area contributed by atoms with E-state index in [9.17, 15) is 13.6 Å². The van der Waals surface area contributed by atoms with Gasteiger partial charge in [0, 0.05) is 24.5 Å². The fourth-order valence-electron chi connectivity index (χ4n) is 3.79. The second-order valence-corrected chi connectivity index (χ2v) is 7.38. The molecule has 0 radical (unpaired) electrons. The fourth-order valence-corrected chi connectivity index (χ4v) is 3.79. The zero-order valence-electron chi connectivity index (χ0n) is 17.7. The summed E-state index contributed by atoms with van der Waals surface area (Å²) in [5.41, 5.74) is 6.59. The summed E-state index contributed by atoms with van der Waals surface area (Å²) >= 11 is 0. The van der Waals surface area contributed by atoms with Crippen LogP contribution in [0.3, 0.4) is 0 Å². The molecule has 32 heavy (non-hydrogen) atoms. The number of hydrogen-bond acceptors (Lipinski definition) is 6. The zero-order valence-corrected chi connectivity index (χ0v) is 17.7. The largest absolute Gasteiger partial charge is 0.497 e. The van der Waals surface area contributed by atoms with E-state index in [1.807, 2.05) is 13.0 Å². The first-order valence-electron chi connectivity index (χ1n) is 9.78. The molecule has 1 unspecified atom stereocenters. The molecule has 0 fully saturated rings. The highest BCUT2D eigenvalue weighted by Crippen LogP contribution is 2.42. The molecule has 2 aromatic heterocycles. The summed E-state index contributed by atoms with van der Waals surface area (Å²) in [5, 5.41) is 0. The number of methoxy groups -OCH3 is 1. The molecule has 1 aliphatic rings. The number of benzene rings is 1. The van der Waals surface area contributed by atoms with Crippen LogP contribution in [0.4, 0.5) is 8.78 Å². The van der Waals surface area contributed by atoms with Gasteiger partial charge in [-0.3, -0.25) is 14.7 Å². The van der Waals surface area contributed by atoms with E-state index in [4.69, 9.17) is 10.5 Å². The Kier molecular flexibility index (Phi) is 5.33. The number of hydrogen-bond donors (Lipinski definition) is 1. The molecule has 0 saturated heterocycles. The van der Waals surface area contributed by atoms with E-state index in [-0.39, 0.29) is 11.7 Å².